The molecule has 122 valence electrons. The van der Waals surface area contributed by atoms with Gasteiger partial charge in [-0.1, -0.05) is 36.4 Å². The number of ketones is 1. The number of allylic oxidation sites excluding steroid dienone is 1. The highest BCUT2D eigenvalue weighted by molar-refractivity contribution is 6.15. The first-order chi connectivity index (χ1) is 12.1. The second-order valence-electron chi connectivity index (χ2n) is 5.81. The predicted octanol–water partition coefficient (Wildman–Crippen LogP) is 4.68. The number of carbonyl (C=O) groups excluding carboxylic acids is 1. The largest absolute Gasteiger partial charge is 0.456 e. The molecule has 1 aromatic heterocycles. The molecule has 0 amide bonds. The van der Waals surface area contributed by atoms with Crippen molar-refractivity contribution in [1.82, 2.24) is 0 Å². The predicted molar refractivity (Wildman–Crippen MR) is 93.3 cm³/mol. The molecule has 1 aliphatic carbocycles. The topological polar surface area (TPSA) is 73.3 Å². The fourth-order valence-corrected chi connectivity index (χ4v) is 3.06. The van der Waals surface area contributed by atoms with Crippen LogP contribution in [-0.2, 0) is 6.42 Å². The first-order valence-electron chi connectivity index (χ1n) is 7.80. The van der Waals surface area contributed by atoms with Crippen LogP contribution in [0.5, 0.6) is 0 Å². The van der Waals surface area contributed by atoms with E-state index in [1.165, 1.54) is 6.07 Å². The van der Waals surface area contributed by atoms with Gasteiger partial charge in [0.15, 0.2) is 5.78 Å². The van der Waals surface area contributed by atoms with Crippen molar-refractivity contribution in [3.8, 4) is 11.3 Å². The van der Waals surface area contributed by atoms with Crippen molar-refractivity contribution in [1.29, 1.82) is 0 Å². The van der Waals surface area contributed by atoms with Crippen molar-refractivity contribution >= 4 is 17.5 Å². The number of carbonyl (C=O) groups is 1. The molecule has 1 heterocycles. The molecule has 1 aliphatic rings. The molecule has 0 saturated carbocycles. The third-order valence-corrected chi connectivity index (χ3v) is 4.24. The van der Waals surface area contributed by atoms with Crippen LogP contribution in [0.2, 0.25) is 0 Å². The first kappa shape index (κ1) is 15.1. The Hall–Kier alpha value is -3.47. The minimum atomic E-state index is -0.437. The van der Waals surface area contributed by atoms with Crippen LogP contribution in [0, 0.1) is 10.1 Å². The summed E-state index contributed by atoms with van der Waals surface area (Å²) in [6.45, 7) is 0. The molecule has 5 heteroatoms. The van der Waals surface area contributed by atoms with Crippen LogP contribution >= 0.6 is 0 Å². The van der Waals surface area contributed by atoms with Crippen molar-refractivity contribution in [2.24, 2.45) is 0 Å². The van der Waals surface area contributed by atoms with E-state index in [4.69, 9.17) is 4.42 Å². The van der Waals surface area contributed by atoms with Gasteiger partial charge in [-0.15, -0.1) is 0 Å². The first-order valence-corrected chi connectivity index (χ1v) is 7.80. The Morgan fingerprint density at radius 3 is 2.44 bits per heavy atom. The summed E-state index contributed by atoms with van der Waals surface area (Å²) in [6, 6.07) is 17.3. The molecule has 3 aromatic rings. The number of nitro groups is 1. The van der Waals surface area contributed by atoms with Gasteiger partial charge in [-0.3, -0.25) is 14.9 Å². The number of nitrogens with zero attached hydrogens (tertiary/aromatic N) is 1. The van der Waals surface area contributed by atoms with E-state index in [-0.39, 0.29) is 11.5 Å². The third kappa shape index (κ3) is 2.65. The summed E-state index contributed by atoms with van der Waals surface area (Å²) in [5, 5.41) is 11.2. The van der Waals surface area contributed by atoms with Gasteiger partial charge in [0.25, 0.3) is 5.69 Å². The molecule has 2 aromatic carbocycles. The molecular formula is C20H13NO4. The zero-order valence-electron chi connectivity index (χ0n) is 13.1. The number of Topliss-reactive ketones (excluding diaryl/α,β-unsaturated/α-hetero) is 1. The molecule has 0 spiro atoms. The van der Waals surface area contributed by atoms with Crippen LogP contribution in [-0.4, -0.2) is 10.7 Å². The minimum Gasteiger partial charge on any atom is -0.456 e. The van der Waals surface area contributed by atoms with Crippen LogP contribution in [0.25, 0.3) is 17.4 Å². The summed E-state index contributed by atoms with van der Waals surface area (Å²) in [7, 11) is 0. The molecule has 0 N–H and O–H groups in total. The SMILES string of the molecule is O=C1/C(=C/c2ccc(-c3ccccc3[N+](=O)[O-])o2)Cc2ccccc21. The Bertz CT molecular complexity index is 1030. The Morgan fingerprint density at radius 2 is 1.68 bits per heavy atom. The van der Waals surface area contributed by atoms with Crippen LogP contribution in [0.3, 0.4) is 0 Å². The van der Waals surface area contributed by atoms with E-state index in [2.05, 4.69) is 0 Å². The summed E-state index contributed by atoms with van der Waals surface area (Å²) in [5.41, 5.74) is 2.78. The number of hydrogen-bond donors (Lipinski definition) is 0. The number of furan rings is 1. The van der Waals surface area contributed by atoms with Crippen molar-refractivity contribution in [2.45, 2.75) is 6.42 Å². The molecular weight excluding hydrogens is 318 g/mol. The van der Waals surface area contributed by atoms with Gasteiger partial charge in [-0.05, 0) is 29.8 Å². The molecule has 0 aliphatic heterocycles. The second-order valence-corrected chi connectivity index (χ2v) is 5.81. The standard InChI is InChI=1S/C20H13NO4/c22-20-14(11-13-5-1-2-6-16(13)20)12-15-9-10-19(25-15)17-7-3-4-8-18(17)21(23)24/h1-10,12H,11H2/b14-12+. The lowest BCUT2D eigenvalue weighted by atomic mass is 10.1. The summed E-state index contributed by atoms with van der Waals surface area (Å²) in [4.78, 5) is 23.1. The van der Waals surface area contributed by atoms with Gasteiger partial charge in [0, 0.05) is 23.6 Å². The Kier molecular flexibility index (Phi) is 3.54. The van der Waals surface area contributed by atoms with Gasteiger partial charge in [0.2, 0.25) is 0 Å². The third-order valence-electron chi connectivity index (χ3n) is 4.24. The van der Waals surface area contributed by atoms with E-state index in [1.807, 2.05) is 24.3 Å². The molecule has 25 heavy (non-hydrogen) atoms. The number of para-hydroxylation sites is 1. The highest BCUT2D eigenvalue weighted by Gasteiger charge is 2.24. The van der Waals surface area contributed by atoms with Gasteiger partial charge in [0.05, 0.1) is 10.5 Å². The van der Waals surface area contributed by atoms with Crippen LogP contribution in [0.4, 0.5) is 5.69 Å². The fraction of sp³-hybridized carbons (Fsp3) is 0.0500. The lowest BCUT2D eigenvalue weighted by Crippen LogP contribution is -1.94. The molecule has 4 rings (SSSR count). The number of rotatable bonds is 3. The van der Waals surface area contributed by atoms with Crippen molar-refractivity contribution < 1.29 is 14.1 Å². The van der Waals surface area contributed by atoms with Crippen molar-refractivity contribution in [2.75, 3.05) is 0 Å². The quantitative estimate of drug-likeness (QED) is 0.397. The van der Waals surface area contributed by atoms with E-state index in [0.717, 1.165) is 11.1 Å². The van der Waals surface area contributed by atoms with Gasteiger partial charge in [-0.2, -0.15) is 0 Å². The van der Waals surface area contributed by atoms with Gasteiger partial charge >= 0.3 is 0 Å². The molecule has 0 saturated heterocycles. The summed E-state index contributed by atoms with van der Waals surface area (Å²) < 4.78 is 5.74. The van der Waals surface area contributed by atoms with E-state index in [9.17, 15) is 14.9 Å². The second kappa shape index (κ2) is 5.87. The summed E-state index contributed by atoms with van der Waals surface area (Å²) in [6.07, 6.45) is 2.27. The van der Waals surface area contributed by atoms with Gasteiger partial charge < -0.3 is 4.42 Å². The smallest absolute Gasteiger partial charge is 0.280 e. The monoisotopic (exact) mass is 331 g/mol. The molecule has 0 bridgehead atoms. The molecule has 0 atom stereocenters. The van der Waals surface area contributed by atoms with Crippen LogP contribution in [0.1, 0.15) is 21.7 Å². The summed E-state index contributed by atoms with van der Waals surface area (Å²) in [5.74, 6) is 0.908. The molecule has 0 unspecified atom stereocenters. The molecule has 0 radical (unpaired) electrons. The number of nitro benzene ring substituents is 1. The van der Waals surface area contributed by atoms with E-state index < -0.39 is 4.92 Å². The van der Waals surface area contributed by atoms with Crippen LogP contribution < -0.4 is 0 Å². The number of fused-ring (bicyclic) bond motifs is 1. The molecule has 0 fully saturated rings. The lowest BCUT2D eigenvalue weighted by molar-refractivity contribution is -0.384. The number of hydrogen-bond acceptors (Lipinski definition) is 4. The zero-order valence-corrected chi connectivity index (χ0v) is 13.1. The average Bonchev–Trinajstić information content (AvgIpc) is 3.21. The fourth-order valence-electron chi connectivity index (χ4n) is 3.06. The Morgan fingerprint density at radius 1 is 0.960 bits per heavy atom. The van der Waals surface area contributed by atoms with Gasteiger partial charge in [-0.25, -0.2) is 0 Å². The maximum absolute atomic E-state index is 12.4. The summed E-state index contributed by atoms with van der Waals surface area (Å²) >= 11 is 0. The van der Waals surface area contributed by atoms with Crippen molar-refractivity contribution in [3.05, 3.63) is 93.2 Å². The zero-order chi connectivity index (χ0) is 17.4. The highest BCUT2D eigenvalue weighted by atomic mass is 16.6. The number of benzene rings is 2. The molecule has 5 nitrogen and oxygen atoms in total. The van der Waals surface area contributed by atoms with Crippen molar-refractivity contribution in [3.63, 3.8) is 0 Å². The van der Waals surface area contributed by atoms with E-state index in [1.54, 1.807) is 36.4 Å². The lowest BCUT2D eigenvalue weighted by Gasteiger charge is -1.99. The van der Waals surface area contributed by atoms with E-state index >= 15 is 0 Å². The minimum absolute atomic E-state index is 0.000702. The van der Waals surface area contributed by atoms with E-state index in [0.29, 0.717) is 29.1 Å². The average molecular weight is 331 g/mol. The normalized spacial score (nSPS) is 14.7. The Labute approximate surface area is 143 Å². The maximum atomic E-state index is 12.4. The van der Waals surface area contributed by atoms with Gasteiger partial charge in [0.1, 0.15) is 11.5 Å². The maximum Gasteiger partial charge on any atom is 0.280 e. The highest BCUT2D eigenvalue weighted by Crippen LogP contribution is 2.32. The Balaban J connectivity index is 1.68. The van der Waals surface area contributed by atoms with Crippen LogP contribution in [0.15, 0.2) is 70.7 Å².